The fourth-order valence-corrected chi connectivity index (χ4v) is 2.32. The molecule has 0 radical (unpaired) electrons. The fourth-order valence-electron chi connectivity index (χ4n) is 1.62. The van der Waals surface area contributed by atoms with Crippen molar-refractivity contribution < 1.29 is 4.79 Å². The van der Waals surface area contributed by atoms with Crippen LogP contribution in [0.15, 0.2) is 17.5 Å². The van der Waals surface area contributed by atoms with Gasteiger partial charge in [-0.3, -0.25) is 4.79 Å². The second-order valence-electron chi connectivity index (χ2n) is 4.80. The van der Waals surface area contributed by atoms with Crippen LogP contribution in [0.25, 0.3) is 0 Å². The van der Waals surface area contributed by atoms with E-state index in [0.717, 1.165) is 19.5 Å². The largest absolute Gasteiger partial charge is 0.342 e. The third kappa shape index (κ3) is 4.59. The zero-order valence-corrected chi connectivity index (χ0v) is 12.9. The van der Waals surface area contributed by atoms with Crippen LogP contribution in [-0.2, 0) is 11.2 Å². The lowest BCUT2D eigenvalue weighted by Crippen LogP contribution is -2.45. The molecule has 0 bridgehead atoms. The zero-order valence-electron chi connectivity index (χ0n) is 11.3. The lowest BCUT2D eigenvalue weighted by atomic mass is 9.92. The SMILES string of the molecule is CCN(CCc1cccs1)C(=O)C(C)(C)CN.Cl. The number of thiophene rings is 1. The maximum atomic E-state index is 12.2. The predicted octanol–water partition coefficient (Wildman–Crippen LogP) is 2.55. The summed E-state index contributed by atoms with van der Waals surface area (Å²) in [7, 11) is 0. The first-order valence-corrected chi connectivity index (χ1v) is 6.91. The fraction of sp³-hybridized carbons (Fsp3) is 0.615. The molecule has 0 saturated heterocycles. The van der Waals surface area contributed by atoms with Gasteiger partial charge in [0.25, 0.3) is 0 Å². The normalized spacial score (nSPS) is 10.9. The van der Waals surface area contributed by atoms with Crippen molar-refractivity contribution in [3.8, 4) is 0 Å². The molecule has 0 unspecified atom stereocenters. The van der Waals surface area contributed by atoms with Gasteiger partial charge in [-0.25, -0.2) is 0 Å². The summed E-state index contributed by atoms with van der Waals surface area (Å²) in [5.41, 5.74) is 5.19. The number of halogens is 1. The summed E-state index contributed by atoms with van der Waals surface area (Å²) < 4.78 is 0. The molecule has 0 spiro atoms. The van der Waals surface area contributed by atoms with E-state index >= 15 is 0 Å². The molecule has 0 atom stereocenters. The Hall–Kier alpha value is -0.580. The van der Waals surface area contributed by atoms with Crippen molar-refractivity contribution in [3.05, 3.63) is 22.4 Å². The average molecular weight is 291 g/mol. The molecule has 3 nitrogen and oxygen atoms in total. The van der Waals surface area contributed by atoms with Crippen molar-refractivity contribution in [1.82, 2.24) is 4.90 Å². The Labute approximate surface area is 120 Å². The number of hydrogen-bond acceptors (Lipinski definition) is 3. The Morgan fingerprint density at radius 2 is 2.17 bits per heavy atom. The van der Waals surface area contributed by atoms with Gasteiger partial charge >= 0.3 is 0 Å². The molecule has 0 saturated carbocycles. The number of nitrogens with two attached hydrogens (primary N) is 1. The highest BCUT2D eigenvalue weighted by atomic mass is 35.5. The van der Waals surface area contributed by atoms with Gasteiger partial charge in [-0.15, -0.1) is 23.7 Å². The molecule has 1 aromatic rings. The lowest BCUT2D eigenvalue weighted by molar-refractivity contribution is -0.139. The molecule has 104 valence electrons. The number of carbonyl (C=O) groups excluding carboxylic acids is 1. The van der Waals surface area contributed by atoms with E-state index in [1.165, 1.54) is 4.88 Å². The molecule has 0 aliphatic rings. The van der Waals surface area contributed by atoms with Crippen molar-refractivity contribution in [2.45, 2.75) is 27.2 Å². The summed E-state index contributed by atoms with van der Waals surface area (Å²) >= 11 is 1.74. The van der Waals surface area contributed by atoms with Crippen molar-refractivity contribution in [1.29, 1.82) is 0 Å². The molecule has 5 heteroatoms. The van der Waals surface area contributed by atoms with Gasteiger partial charge in [0.1, 0.15) is 0 Å². The molecular formula is C13H23ClN2OS. The molecule has 2 N–H and O–H groups in total. The average Bonchev–Trinajstić information content (AvgIpc) is 2.82. The maximum Gasteiger partial charge on any atom is 0.229 e. The third-order valence-corrected chi connectivity index (χ3v) is 3.90. The first-order chi connectivity index (χ1) is 8.01. The molecule has 0 aliphatic heterocycles. The standard InChI is InChI=1S/C13H22N2OS.ClH/c1-4-15(12(16)13(2,3)10-14)8-7-11-6-5-9-17-11;/h5-6,9H,4,7-8,10,14H2,1-3H3;1H. The van der Waals surface area contributed by atoms with Crippen LogP contribution >= 0.6 is 23.7 Å². The molecule has 18 heavy (non-hydrogen) atoms. The second kappa shape index (κ2) is 7.77. The van der Waals surface area contributed by atoms with Crippen LogP contribution in [-0.4, -0.2) is 30.4 Å². The van der Waals surface area contributed by atoms with Crippen LogP contribution in [0.5, 0.6) is 0 Å². The predicted molar refractivity (Wildman–Crippen MR) is 80.4 cm³/mol. The summed E-state index contributed by atoms with van der Waals surface area (Å²) in [4.78, 5) is 15.5. The molecule has 0 fully saturated rings. The Morgan fingerprint density at radius 3 is 2.61 bits per heavy atom. The first kappa shape index (κ1) is 17.4. The first-order valence-electron chi connectivity index (χ1n) is 6.03. The van der Waals surface area contributed by atoms with Gasteiger partial charge in [0.15, 0.2) is 0 Å². The Morgan fingerprint density at radius 1 is 1.50 bits per heavy atom. The van der Waals surface area contributed by atoms with Crippen molar-refractivity contribution >= 4 is 29.7 Å². The van der Waals surface area contributed by atoms with Gasteiger partial charge in [-0.2, -0.15) is 0 Å². The number of hydrogen-bond donors (Lipinski definition) is 1. The van der Waals surface area contributed by atoms with Gasteiger partial charge in [0.05, 0.1) is 5.41 Å². The van der Waals surface area contributed by atoms with Crippen LogP contribution in [0.3, 0.4) is 0 Å². The zero-order chi connectivity index (χ0) is 12.9. The lowest BCUT2D eigenvalue weighted by Gasteiger charge is -2.30. The van der Waals surface area contributed by atoms with Crippen LogP contribution in [0.1, 0.15) is 25.6 Å². The van der Waals surface area contributed by atoms with Crippen LogP contribution < -0.4 is 5.73 Å². The van der Waals surface area contributed by atoms with Crippen molar-refractivity contribution in [2.24, 2.45) is 11.1 Å². The molecule has 1 amide bonds. The molecule has 1 heterocycles. The maximum absolute atomic E-state index is 12.2. The summed E-state index contributed by atoms with van der Waals surface area (Å²) in [6, 6.07) is 4.15. The molecule has 0 aliphatic carbocycles. The van der Waals surface area contributed by atoms with Gasteiger partial charge in [-0.05, 0) is 38.6 Å². The third-order valence-electron chi connectivity index (χ3n) is 2.97. The van der Waals surface area contributed by atoms with E-state index in [1.54, 1.807) is 11.3 Å². The molecule has 1 aromatic heterocycles. The Kier molecular flexibility index (Phi) is 7.52. The second-order valence-corrected chi connectivity index (χ2v) is 5.83. The van der Waals surface area contributed by atoms with E-state index in [1.807, 2.05) is 31.7 Å². The number of amides is 1. The van der Waals surface area contributed by atoms with Crippen LogP contribution in [0, 0.1) is 5.41 Å². The van der Waals surface area contributed by atoms with Gasteiger partial charge in [0.2, 0.25) is 5.91 Å². The van der Waals surface area contributed by atoms with E-state index in [-0.39, 0.29) is 18.3 Å². The highest BCUT2D eigenvalue weighted by molar-refractivity contribution is 7.09. The molecular weight excluding hydrogens is 268 g/mol. The summed E-state index contributed by atoms with van der Waals surface area (Å²) in [6.07, 6.45) is 0.928. The quantitative estimate of drug-likeness (QED) is 0.875. The summed E-state index contributed by atoms with van der Waals surface area (Å²) in [6.45, 7) is 7.74. The smallest absolute Gasteiger partial charge is 0.229 e. The Bertz CT molecular complexity index is 352. The molecule has 0 aromatic carbocycles. The van der Waals surface area contributed by atoms with Crippen LogP contribution in [0.4, 0.5) is 0 Å². The van der Waals surface area contributed by atoms with E-state index in [2.05, 4.69) is 11.4 Å². The summed E-state index contributed by atoms with van der Waals surface area (Å²) in [5.74, 6) is 0.152. The number of likely N-dealkylation sites (N-methyl/N-ethyl adjacent to an activating group) is 1. The monoisotopic (exact) mass is 290 g/mol. The topological polar surface area (TPSA) is 46.3 Å². The Balaban J connectivity index is 0.00000289. The minimum Gasteiger partial charge on any atom is -0.342 e. The number of nitrogens with zero attached hydrogens (tertiary/aromatic N) is 1. The minimum atomic E-state index is -0.453. The van der Waals surface area contributed by atoms with E-state index < -0.39 is 5.41 Å². The van der Waals surface area contributed by atoms with E-state index in [9.17, 15) is 4.79 Å². The van der Waals surface area contributed by atoms with E-state index in [0.29, 0.717) is 6.54 Å². The van der Waals surface area contributed by atoms with Crippen molar-refractivity contribution in [3.63, 3.8) is 0 Å². The number of carbonyl (C=O) groups is 1. The highest BCUT2D eigenvalue weighted by Gasteiger charge is 2.29. The van der Waals surface area contributed by atoms with Gasteiger partial charge in [0, 0.05) is 24.5 Å². The van der Waals surface area contributed by atoms with Crippen molar-refractivity contribution in [2.75, 3.05) is 19.6 Å². The van der Waals surface area contributed by atoms with Crippen LogP contribution in [0.2, 0.25) is 0 Å². The van der Waals surface area contributed by atoms with E-state index in [4.69, 9.17) is 5.73 Å². The number of rotatable bonds is 6. The van der Waals surface area contributed by atoms with Gasteiger partial charge in [-0.1, -0.05) is 6.07 Å². The minimum absolute atomic E-state index is 0. The highest BCUT2D eigenvalue weighted by Crippen LogP contribution is 2.18. The van der Waals surface area contributed by atoms with Gasteiger partial charge < -0.3 is 10.6 Å². The summed E-state index contributed by atoms with van der Waals surface area (Å²) in [5, 5.41) is 2.07. The molecule has 1 rings (SSSR count).